The number of benzene rings is 2. The van der Waals surface area contributed by atoms with Gasteiger partial charge in [-0.1, -0.05) is 38.5 Å². The number of halogens is 1. The Balaban J connectivity index is 1.49. The molecular formula is C29H35FN4O2S. The van der Waals surface area contributed by atoms with Crippen molar-refractivity contribution in [2.45, 2.75) is 43.9 Å². The molecule has 0 bridgehead atoms. The second-order valence-corrected chi connectivity index (χ2v) is 13.6. The minimum absolute atomic E-state index is 0.0406. The fraction of sp³-hybridized carbons (Fsp3) is 0.414. The summed E-state index contributed by atoms with van der Waals surface area (Å²) in [6.07, 6.45) is 5.40. The lowest BCUT2D eigenvalue weighted by Gasteiger charge is -2.47. The summed E-state index contributed by atoms with van der Waals surface area (Å²) in [4.78, 5) is 2.48. The highest BCUT2D eigenvalue weighted by atomic mass is 32.2. The van der Waals surface area contributed by atoms with E-state index < -0.39 is 10.0 Å². The predicted octanol–water partition coefficient (Wildman–Crippen LogP) is 4.89. The van der Waals surface area contributed by atoms with E-state index in [0.29, 0.717) is 30.8 Å². The summed E-state index contributed by atoms with van der Waals surface area (Å²) < 4.78 is 44.5. The van der Waals surface area contributed by atoms with E-state index in [9.17, 15) is 12.8 Å². The van der Waals surface area contributed by atoms with Crippen LogP contribution in [-0.4, -0.2) is 61.1 Å². The lowest BCUT2D eigenvalue weighted by atomic mass is 9.68. The van der Waals surface area contributed by atoms with Crippen LogP contribution in [0.3, 0.4) is 0 Å². The number of hydrogen-bond donors (Lipinski definition) is 0. The number of hydrogen-bond acceptors (Lipinski definition) is 4. The maximum absolute atomic E-state index is 13.8. The van der Waals surface area contributed by atoms with Crippen LogP contribution >= 0.6 is 0 Å². The lowest BCUT2D eigenvalue weighted by molar-refractivity contribution is 0.161. The molecule has 1 saturated heterocycles. The molecule has 0 amide bonds. The first-order valence-electron chi connectivity index (χ1n) is 12.7. The Morgan fingerprint density at radius 1 is 1.05 bits per heavy atom. The summed E-state index contributed by atoms with van der Waals surface area (Å²) in [5.41, 5.74) is 4.83. The van der Waals surface area contributed by atoms with Gasteiger partial charge in [0.1, 0.15) is 5.82 Å². The second kappa shape index (κ2) is 9.19. The van der Waals surface area contributed by atoms with E-state index in [0.717, 1.165) is 29.1 Å². The number of fused-ring (bicyclic) bond motifs is 2. The molecule has 1 aliphatic carbocycles. The smallest absolute Gasteiger partial charge is 0.243 e. The van der Waals surface area contributed by atoms with Gasteiger partial charge in [-0.05, 0) is 86.0 Å². The number of piperidine rings is 1. The first-order valence-corrected chi connectivity index (χ1v) is 14.1. The highest BCUT2D eigenvalue weighted by Gasteiger charge is 2.46. The van der Waals surface area contributed by atoms with E-state index in [1.165, 1.54) is 17.7 Å². The van der Waals surface area contributed by atoms with E-state index in [4.69, 9.17) is 0 Å². The highest BCUT2D eigenvalue weighted by Crippen LogP contribution is 2.45. The summed E-state index contributed by atoms with van der Waals surface area (Å²) in [7, 11) is 0.424. The molecule has 5 rings (SSSR count). The van der Waals surface area contributed by atoms with Crippen LogP contribution in [0.2, 0.25) is 0 Å². The van der Waals surface area contributed by atoms with Crippen LogP contribution < -0.4 is 0 Å². The van der Waals surface area contributed by atoms with Crippen LogP contribution in [0.4, 0.5) is 4.39 Å². The Bertz CT molecular complexity index is 1430. The third kappa shape index (κ3) is 4.78. The summed E-state index contributed by atoms with van der Waals surface area (Å²) in [5.74, 6) is -0.283. The van der Waals surface area contributed by atoms with Crippen LogP contribution in [0.5, 0.6) is 0 Å². The lowest BCUT2D eigenvalue weighted by Crippen LogP contribution is -2.53. The van der Waals surface area contributed by atoms with Crippen molar-refractivity contribution in [2.24, 2.45) is 5.41 Å². The van der Waals surface area contributed by atoms with Crippen LogP contribution in [-0.2, 0) is 21.9 Å². The van der Waals surface area contributed by atoms with E-state index in [2.05, 4.69) is 36.8 Å². The molecule has 8 heteroatoms. The Morgan fingerprint density at radius 3 is 2.35 bits per heavy atom. The van der Waals surface area contributed by atoms with E-state index in [1.54, 1.807) is 28.6 Å². The summed E-state index contributed by atoms with van der Waals surface area (Å²) >= 11 is 0. The molecule has 1 fully saturated rings. The standard InChI is InChI=1S/C29H35FN4O2S/c1-28(2,3)22-6-12-26(13-7-22)37(35,36)33-15-14-23-16-27-21(17-29(23,20-33)19-32(4)5)18-31-34(27)25-10-8-24(30)9-11-25/h6-13,16,18H,14-15,17,19-20H2,1-5H3/t29-/m0/s1. The predicted molar refractivity (Wildman–Crippen MR) is 145 cm³/mol. The molecule has 0 saturated carbocycles. The molecule has 37 heavy (non-hydrogen) atoms. The van der Waals surface area contributed by atoms with Gasteiger partial charge in [0.2, 0.25) is 10.0 Å². The monoisotopic (exact) mass is 522 g/mol. The first-order chi connectivity index (χ1) is 17.4. The third-order valence-electron chi connectivity index (χ3n) is 7.56. The molecular weight excluding hydrogens is 487 g/mol. The molecule has 0 unspecified atom stereocenters. The van der Waals surface area contributed by atoms with Gasteiger partial charge in [-0.25, -0.2) is 17.5 Å². The molecule has 2 aromatic carbocycles. The topological polar surface area (TPSA) is 58.4 Å². The van der Waals surface area contributed by atoms with Gasteiger partial charge in [0.15, 0.2) is 0 Å². The number of nitrogens with zero attached hydrogens (tertiary/aromatic N) is 4. The van der Waals surface area contributed by atoms with Gasteiger partial charge in [0, 0.05) is 25.0 Å². The van der Waals surface area contributed by atoms with Crippen LogP contribution in [0.1, 0.15) is 44.0 Å². The molecule has 196 valence electrons. The molecule has 0 radical (unpaired) electrons. The van der Waals surface area contributed by atoms with Crippen molar-refractivity contribution >= 4 is 16.1 Å². The van der Waals surface area contributed by atoms with Crippen molar-refractivity contribution in [3.63, 3.8) is 0 Å². The summed E-state index contributed by atoms with van der Waals surface area (Å²) in [6, 6.07) is 13.7. The van der Waals surface area contributed by atoms with Crippen LogP contribution in [0, 0.1) is 11.2 Å². The van der Waals surface area contributed by atoms with Crippen molar-refractivity contribution in [3.8, 4) is 5.69 Å². The number of sulfonamides is 1. The van der Waals surface area contributed by atoms with E-state index in [1.807, 2.05) is 37.1 Å². The summed E-state index contributed by atoms with van der Waals surface area (Å²) in [5, 5.41) is 4.61. The van der Waals surface area contributed by atoms with Crippen molar-refractivity contribution in [1.29, 1.82) is 0 Å². The Hall–Kier alpha value is -2.81. The molecule has 6 nitrogen and oxygen atoms in total. The largest absolute Gasteiger partial charge is 0.308 e. The third-order valence-corrected chi connectivity index (χ3v) is 9.42. The SMILES string of the molecule is CN(C)C[C@]12Cc3cnn(-c4ccc(F)cc4)c3C=C1CCN(S(=O)(=O)c1ccc(C(C)(C)C)cc1)C2. The Kier molecular flexibility index (Phi) is 6.41. The van der Waals surface area contributed by atoms with Gasteiger partial charge in [0.25, 0.3) is 0 Å². The minimum atomic E-state index is -3.64. The molecule has 2 aliphatic rings. The van der Waals surface area contributed by atoms with Crippen molar-refractivity contribution in [2.75, 3.05) is 33.7 Å². The molecule has 1 aromatic heterocycles. The molecule has 1 aliphatic heterocycles. The van der Waals surface area contributed by atoms with Gasteiger partial charge < -0.3 is 4.90 Å². The fourth-order valence-electron chi connectivity index (χ4n) is 5.72. The normalized spacial score (nSPS) is 20.5. The zero-order valence-corrected chi connectivity index (χ0v) is 23.0. The van der Waals surface area contributed by atoms with Gasteiger partial charge in [-0.3, -0.25) is 0 Å². The molecule has 0 spiro atoms. The molecule has 2 heterocycles. The highest BCUT2D eigenvalue weighted by molar-refractivity contribution is 7.89. The van der Waals surface area contributed by atoms with Crippen molar-refractivity contribution in [3.05, 3.63) is 82.9 Å². The van der Waals surface area contributed by atoms with Crippen molar-refractivity contribution < 1.29 is 12.8 Å². The average molecular weight is 523 g/mol. The molecule has 0 N–H and O–H groups in total. The van der Waals surface area contributed by atoms with Crippen LogP contribution in [0.25, 0.3) is 11.8 Å². The number of rotatable bonds is 5. The van der Waals surface area contributed by atoms with Gasteiger partial charge in [0.05, 0.1) is 22.5 Å². The maximum Gasteiger partial charge on any atom is 0.243 e. The van der Waals surface area contributed by atoms with Crippen LogP contribution in [0.15, 0.2) is 65.2 Å². The zero-order chi connectivity index (χ0) is 26.6. The van der Waals surface area contributed by atoms with Gasteiger partial charge in [-0.2, -0.15) is 9.40 Å². The quantitative estimate of drug-likeness (QED) is 0.479. The van der Waals surface area contributed by atoms with Gasteiger partial charge in [-0.15, -0.1) is 0 Å². The number of aromatic nitrogens is 2. The minimum Gasteiger partial charge on any atom is -0.308 e. The maximum atomic E-state index is 13.8. The second-order valence-electron chi connectivity index (χ2n) is 11.7. The Labute approximate surface area is 219 Å². The first kappa shape index (κ1) is 25.8. The molecule has 3 aromatic rings. The van der Waals surface area contributed by atoms with Gasteiger partial charge >= 0.3 is 0 Å². The Morgan fingerprint density at radius 2 is 1.73 bits per heavy atom. The van der Waals surface area contributed by atoms with Crippen molar-refractivity contribution in [1.82, 2.24) is 19.0 Å². The summed E-state index contributed by atoms with van der Waals surface area (Å²) in [6.45, 7) is 7.95. The van der Waals surface area contributed by atoms with E-state index >= 15 is 0 Å². The fourth-order valence-corrected chi connectivity index (χ4v) is 7.24. The van der Waals surface area contributed by atoms with E-state index in [-0.39, 0.29) is 16.6 Å². The molecule has 1 atom stereocenters. The average Bonchev–Trinajstić information content (AvgIpc) is 3.23. The zero-order valence-electron chi connectivity index (χ0n) is 22.2.